The Morgan fingerprint density at radius 1 is 1.15 bits per heavy atom. The fourth-order valence-electron chi connectivity index (χ4n) is 1.79. The molecule has 2 aromatic carbocycles. The molecule has 0 radical (unpaired) electrons. The zero-order valence-electron chi connectivity index (χ0n) is 11.4. The van der Waals surface area contributed by atoms with Gasteiger partial charge in [-0.3, -0.25) is 4.79 Å². The van der Waals surface area contributed by atoms with Crippen LogP contribution in [0.15, 0.2) is 48.5 Å². The fourth-order valence-corrected chi connectivity index (χ4v) is 1.79. The summed E-state index contributed by atoms with van der Waals surface area (Å²) in [4.78, 5) is 11.8. The van der Waals surface area contributed by atoms with E-state index in [1.807, 2.05) is 49.4 Å². The van der Waals surface area contributed by atoms with E-state index in [1.54, 1.807) is 6.07 Å². The van der Waals surface area contributed by atoms with E-state index in [4.69, 9.17) is 10.5 Å². The molecule has 3 N–H and O–H groups in total. The van der Waals surface area contributed by atoms with Crippen molar-refractivity contribution in [3.05, 3.63) is 59.7 Å². The van der Waals surface area contributed by atoms with Crippen molar-refractivity contribution in [2.75, 3.05) is 11.9 Å². The largest absolute Gasteiger partial charge is 0.483 e. The zero-order chi connectivity index (χ0) is 14.4. The molecule has 0 heterocycles. The number of carbonyl (C=O) groups excluding carboxylic acids is 1. The van der Waals surface area contributed by atoms with Crippen molar-refractivity contribution < 1.29 is 9.53 Å². The van der Waals surface area contributed by atoms with Gasteiger partial charge in [-0.15, -0.1) is 0 Å². The molecule has 0 aromatic heterocycles. The lowest BCUT2D eigenvalue weighted by molar-refractivity contribution is -0.118. The van der Waals surface area contributed by atoms with Gasteiger partial charge in [-0.05, 0) is 25.1 Å². The molecule has 2 rings (SSSR count). The number of nitrogens with one attached hydrogen (secondary N) is 1. The summed E-state index contributed by atoms with van der Waals surface area (Å²) >= 11 is 0. The van der Waals surface area contributed by atoms with Crippen LogP contribution >= 0.6 is 0 Å². The Morgan fingerprint density at radius 3 is 2.55 bits per heavy atom. The van der Waals surface area contributed by atoms with E-state index in [2.05, 4.69) is 5.32 Å². The first-order valence-corrected chi connectivity index (χ1v) is 6.46. The molecule has 0 aliphatic rings. The standard InChI is InChI=1S/C16H18N2O2/c1-12-6-8-14(9-7-12)18-16(19)11-20-15-5-3-2-4-13(15)10-17/h2-9H,10-11,17H2,1H3,(H,18,19). The monoisotopic (exact) mass is 270 g/mol. The average molecular weight is 270 g/mol. The maximum Gasteiger partial charge on any atom is 0.262 e. The van der Waals surface area contributed by atoms with Gasteiger partial charge < -0.3 is 15.8 Å². The summed E-state index contributed by atoms with van der Waals surface area (Å²) in [7, 11) is 0. The molecule has 4 nitrogen and oxygen atoms in total. The van der Waals surface area contributed by atoms with Gasteiger partial charge in [-0.1, -0.05) is 35.9 Å². The number of carbonyl (C=O) groups is 1. The first kappa shape index (κ1) is 14.1. The quantitative estimate of drug-likeness (QED) is 0.877. The highest BCUT2D eigenvalue weighted by Gasteiger charge is 2.06. The minimum atomic E-state index is -0.194. The normalized spacial score (nSPS) is 10.1. The smallest absolute Gasteiger partial charge is 0.262 e. The average Bonchev–Trinajstić information content (AvgIpc) is 2.48. The van der Waals surface area contributed by atoms with Crippen LogP contribution in [0.3, 0.4) is 0 Å². The highest BCUT2D eigenvalue weighted by Crippen LogP contribution is 2.17. The Kier molecular flexibility index (Phi) is 4.74. The molecule has 0 bridgehead atoms. The minimum Gasteiger partial charge on any atom is -0.483 e. The fraction of sp³-hybridized carbons (Fsp3) is 0.188. The predicted octanol–water partition coefficient (Wildman–Crippen LogP) is 2.47. The molecule has 104 valence electrons. The molecule has 1 amide bonds. The van der Waals surface area contributed by atoms with Crippen molar-refractivity contribution in [1.82, 2.24) is 0 Å². The summed E-state index contributed by atoms with van der Waals surface area (Å²) < 4.78 is 5.49. The van der Waals surface area contributed by atoms with Crippen LogP contribution in [0.5, 0.6) is 5.75 Å². The van der Waals surface area contributed by atoms with Crippen molar-refractivity contribution in [3.8, 4) is 5.75 Å². The molecule has 0 spiro atoms. The van der Waals surface area contributed by atoms with Crippen LogP contribution in [0.1, 0.15) is 11.1 Å². The first-order valence-electron chi connectivity index (χ1n) is 6.46. The third-order valence-electron chi connectivity index (χ3n) is 2.89. The summed E-state index contributed by atoms with van der Waals surface area (Å²) in [5.74, 6) is 0.453. The summed E-state index contributed by atoms with van der Waals surface area (Å²) in [5.41, 5.74) is 8.41. The molecule has 0 saturated heterocycles. The van der Waals surface area contributed by atoms with Crippen LogP contribution in [0.2, 0.25) is 0 Å². The molecule has 2 aromatic rings. The maximum atomic E-state index is 11.8. The van der Waals surface area contributed by atoms with E-state index >= 15 is 0 Å². The molecular formula is C16H18N2O2. The Hall–Kier alpha value is -2.33. The third kappa shape index (κ3) is 3.83. The SMILES string of the molecule is Cc1ccc(NC(=O)COc2ccccc2CN)cc1. The molecular weight excluding hydrogens is 252 g/mol. The number of aryl methyl sites for hydroxylation is 1. The van der Waals surface area contributed by atoms with Crippen LogP contribution in [0.4, 0.5) is 5.69 Å². The summed E-state index contributed by atoms with van der Waals surface area (Å²) in [6, 6.07) is 15.0. The number of anilines is 1. The lowest BCUT2D eigenvalue weighted by atomic mass is 10.2. The van der Waals surface area contributed by atoms with Gasteiger partial charge >= 0.3 is 0 Å². The van der Waals surface area contributed by atoms with Crippen molar-refractivity contribution in [1.29, 1.82) is 0 Å². The Balaban J connectivity index is 1.90. The van der Waals surface area contributed by atoms with Gasteiger partial charge in [-0.2, -0.15) is 0 Å². The first-order chi connectivity index (χ1) is 9.69. The van der Waals surface area contributed by atoms with E-state index in [0.717, 1.165) is 16.8 Å². The number of nitrogens with two attached hydrogens (primary N) is 1. The number of para-hydroxylation sites is 1. The second kappa shape index (κ2) is 6.73. The summed E-state index contributed by atoms with van der Waals surface area (Å²) in [6.45, 7) is 2.35. The lowest BCUT2D eigenvalue weighted by Crippen LogP contribution is -2.20. The van der Waals surface area contributed by atoms with Crippen molar-refractivity contribution in [3.63, 3.8) is 0 Å². The highest BCUT2D eigenvalue weighted by atomic mass is 16.5. The van der Waals surface area contributed by atoms with Gasteiger partial charge in [0.1, 0.15) is 5.75 Å². The zero-order valence-corrected chi connectivity index (χ0v) is 11.4. The molecule has 0 saturated carbocycles. The Morgan fingerprint density at radius 2 is 1.85 bits per heavy atom. The molecule has 0 aliphatic heterocycles. The lowest BCUT2D eigenvalue weighted by Gasteiger charge is -2.10. The molecule has 20 heavy (non-hydrogen) atoms. The molecule has 0 unspecified atom stereocenters. The molecule has 4 heteroatoms. The van der Waals surface area contributed by atoms with Gasteiger partial charge in [0.25, 0.3) is 5.91 Å². The number of rotatable bonds is 5. The number of benzene rings is 2. The molecule has 0 aliphatic carbocycles. The van der Waals surface area contributed by atoms with E-state index < -0.39 is 0 Å². The van der Waals surface area contributed by atoms with E-state index in [1.165, 1.54) is 0 Å². The summed E-state index contributed by atoms with van der Waals surface area (Å²) in [6.07, 6.45) is 0. The van der Waals surface area contributed by atoms with Crippen LogP contribution in [-0.4, -0.2) is 12.5 Å². The maximum absolute atomic E-state index is 11.8. The number of ether oxygens (including phenoxy) is 1. The summed E-state index contributed by atoms with van der Waals surface area (Å²) in [5, 5.41) is 2.78. The van der Waals surface area contributed by atoms with Gasteiger partial charge in [-0.25, -0.2) is 0 Å². The second-order valence-corrected chi connectivity index (χ2v) is 4.51. The van der Waals surface area contributed by atoms with Crippen LogP contribution < -0.4 is 15.8 Å². The highest BCUT2D eigenvalue weighted by molar-refractivity contribution is 5.91. The van der Waals surface area contributed by atoms with Crippen molar-refractivity contribution in [2.45, 2.75) is 13.5 Å². The molecule has 0 atom stereocenters. The van der Waals surface area contributed by atoms with Gasteiger partial charge in [0.05, 0.1) is 0 Å². The Bertz CT molecular complexity index is 579. The van der Waals surface area contributed by atoms with E-state index in [9.17, 15) is 4.79 Å². The van der Waals surface area contributed by atoms with Crippen LogP contribution in [0.25, 0.3) is 0 Å². The second-order valence-electron chi connectivity index (χ2n) is 4.51. The van der Waals surface area contributed by atoms with Gasteiger partial charge in [0.15, 0.2) is 6.61 Å². The predicted molar refractivity (Wildman–Crippen MR) is 79.6 cm³/mol. The van der Waals surface area contributed by atoms with Crippen LogP contribution in [-0.2, 0) is 11.3 Å². The minimum absolute atomic E-state index is 0.0368. The van der Waals surface area contributed by atoms with Gasteiger partial charge in [0.2, 0.25) is 0 Å². The van der Waals surface area contributed by atoms with E-state index in [0.29, 0.717) is 12.3 Å². The topological polar surface area (TPSA) is 64.3 Å². The molecule has 0 fully saturated rings. The van der Waals surface area contributed by atoms with Crippen LogP contribution in [0, 0.1) is 6.92 Å². The third-order valence-corrected chi connectivity index (χ3v) is 2.89. The van der Waals surface area contributed by atoms with E-state index in [-0.39, 0.29) is 12.5 Å². The number of hydrogen-bond donors (Lipinski definition) is 2. The Labute approximate surface area is 118 Å². The number of hydrogen-bond acceptors (Lipinski definition) is 3. The van der Waals surface area contributed by atoms with Crippen molar-refractivity contribution >= 4 is 11.6 Å². The van der Waals surface area contributed by atoms with Gasteiger partial charge in [0, 0.05) is 17.8 Å². The van der Waals surface area contributed by atoms with Crippen molar-refractivity contribution in [2.24, 2.45) is 5.73 Å². The number of amides is 1.